The van der Waals surface area contributed by atoms with Crippen LogP contribution in [-0.4, -0.2) is 11.7 Å². The molecule has 2 rings (SSSR count). The van der Waals surface area contributed by atoms with E-state index in [1.54, 1.807) is 52.9 Å². The van der Waals surface area contributed by atoms with Gasteiger partial charge in [-0.1, -0.05) is 30.3 Å². The number of halogens is 4. The molecule has 1 nitrogen and oxygen atoms in total. The third-order valence-corrected chi connectivity index (χ3v) is 3.70. The summed E-state index contributed by atoms with van der Waals surface area (Å²) < 4.78 is 41.1. The van der Waals surface area contributed by atoms with E-state index in [2.05, 4.69) is 0 Å². The smallest absolute Gasteiger partial charge is 0.287 e. The van der Waals surface area contributed by atoms with E-state index in [0.29, 0.717) is 11.6 Å². The van der Waals surface area contributed by atoms with Crippen molar-refractivity contribution < 1.29 is 18.0 Å². The van der Waals surface area contributed by atoms with Crippen LogP contribution in [0.25, 0.3) is 3.58 Å². The molecule has 0 saturated carbocycles. The Hall–Kier alpha value is -1.63. The molecule has 0 heterocycles. The van der Waals surface area contributed by atoms with E-state index in [4.69, 9.17) is 0 Å². The molecule has 0 bridgehead atoms. The Morgan fingerprint density at radius 3 is 2.10 bits per heavy atom. The quantitative estimate of drug-likeness (QED) is 0.513. The van der Waals surface area contributed by atoms with E-state index in [0.717, 1.165) is 24.3 Å². The van der Waals surface area contributed by atoms with Crippen LogP contribution in [0.3, 0.4) is 0 Å². The van der Waals surface area contributed by atoms with Gasteiger partial charge < -0.3 is 0 Å². The zero-order chi connectivity index (χ0) is 15.5. The Morgan fingerprint density at radius 1 is 0.952 bits per heavy atom. The number of benzene rings is 2. The standard InChI is InChI=1S/C16H10F3IO/c17-13-8-6-12(7-9-13)15(21)16(18,19)10-14(20)11-4-2-1-3-5-11/h1-10H/b14-10+. The molecule has 21 heavy (non-hydrogen) atoms. The monoisotopic (exact) mass is 402 g/mol. The Kier molecular flexibility index (Phi) is 4.82. The summed E-state index contributed by atoms with van der Waals surface area (Å²) in [6, 6.07) is 12.6. The van der Waals surface area contributed by atoms with E-state index in [1.807, 2.05) is 0 Å². The summed E-state index contributed by atoms with van der Waals surface area (Å²) in [7, 11) is 0. The number of carbonyl (C=O) groups is 1. The lowest BCUT2D eigenvalue weighted by atomic mass is 10.0. The van der Waals surface area contributed by atoms with Crippen molar-refractivity contribution in [2.24, 2.45) is 0 Å². The van der Waals surface area contributed by atoms with Gasteiger partial charge in [0, 0.05) is 15.2 Å². The predicted octanol–water partition coefficient (Wildman–Crippen LogP) is 5.12. The molecular weight excluding hydrogens is 392 g/mol. The van der Waals surface area contributed by atoms with Crippen LogP contribution < -0.4 is 0 Å². The molecular formula is C16H10F3IO. The fraction of sp³-hybridized carbons (Fsp3) is 0.0625. The molecule has 0 saturated heterocycles. The minimum absolute atomic E-state index is 0.227. The summed E-state index contributed by atoms with van der Waals surface area (Å²) in [5.74, 6) is -5.58. The van der Waals surface area contributed by atoms with Crippen molar-refractivity contribution in [3.05, 3.63) is 77.6 Å². The number of hydrogen-bond acceptors (Lipinski definition) is 1. The lowest BCUT2D eigenvalue weighted by Gasteiger charge is -2.12. The minimum atomic E-state index is -3.65. The van der Waals surface area contributed by atoms with Gasteiger partial charge in [-0.2, -0.15) is 8.78 Å². The highest BCUT2D eigenvalue weighted by atomic mass is 127. The van der Waals surface area contributed by atoms with Crippen molar-refractivity contribution in [3.63, 3.8) is 0 Å². The molecule has 108 valence electrons. The minimum Gasteiger partial charge on any atom is -0.287 e. The van der Waals surface area contributed by atoms with Gasteiger partial charge in [-0.25, -0.2) is 4.39 Å². The SMILES string of the molecule is O=C(c1ccc(F)cc1)C(F)(F)/C=C(/I)c1ccccc1. The highest BCUT2D eigenvalue weighted by molar-refractivity contribution is 14.1. The zero-order valence-corrected chi connectivity index (χ0v) is 12.9. The maximum absolute atomic E-state index is 14.0. The lowest BCUT2D eigenvalue weighted by molar-refractivity contribution is 0.0385. The first-order valence-electron chi connectivity index (χ1n) is 6.02. The second kappa shape index (κ2) is 6.43. The van der Waals surface area contributed by atoms with Crippen molar-refractivity contribution in [1.29, 1.82) is 0 Å². The van der Waals surface area contributed by atoms with E-state index in [1.165, 1.54) is 0 Å². The molecule has 0 unspecified atom stereocenters. The molecule has 2 aromatic rings. The zero-order valence-electron chi connectivity index (χ0n) is 10.7. The summed E-state index contributed by atoms with van der Waals surface area (Å²) >= 11 is 1.76. The predicted molar refractivity (Wildman–Crippen MR) is 84.1 cm³/mol. The second-order valence-electron chi connectivity index (χ2n) is 4.32. The van der Waals surface area contributed by atoms with Gasteiger partial charge >= 0.3 is 5.92 Å². The topological polar surface area (TPSA) is 17.1 Å². The van der Waals surface area contributed by atoms with Crippen LogP contribution >= 0.6 is 22.6 Å². The third kappa shape index (κ3) is 3.93. The van der Waals surface area contributed by atoms with Crippen LogP contribution in [0, 0.1) is 5.82 Å². The summed E-state index contributed by atoms with van der Waals surface area (Å²) in [6.45, 7) is 0. The first-order chi connectivity index (χ1) is 9.90. The third-order valence-electron chi connectivity index (χ3n) is 2.77. The molecule has 0 N–H and O–H groups in total. The molecule has 0 aliphatic carbocycles. The van der Waals surface area contributed by atoms with Gasteiger partial charge in [0.2, 0.25) is 5.78 Å². The van der Waals surface area contributed by atoms with Crippen molar-refractivity contribution in [2.75, 3.05) is 0 Å². The number of allylic oxidation sites excluding steroid dienone is 1. The Bertz CT molecular complexity index is 664. The number of carbonyl (C=O) groups excluding carboxylic acids is 1. The first kappa shape index (κ1) is 15.8. The molecule has 0 spiro atoms. The van der Waals surface area contributed by atoms with Gasteiger partial charge in [-0.15, -0.1) is 0 Å². The molecule has 0 atom stereocenters. The summed E-state index contributed by atoms with van der Waals surface area (Å²) in [5.41, 5.74) is 0.375. The second-order valence-corrected chi connectivity index (χ2v) is 5.48. The van der Waals surface area contributed by atoms with E-state index in [-0.39, 0.29) is 9.14 Å². The van der Waals surface area contributed by atoms with Gasteiger partial charge in [0.05, 0.1) is 0 Å². The number of rotatable bonds is 4. The molecule has 0 amide bonds. The molecule has 0 aliphatic heterocycles. The average molecular weight is 402 g/mol. The Labute approximate surface area is 133 Å². The highest BCUT2D eigenvalue weighted by Gasteiger charge is 2.37. The lowest BCUT2D eigenvalue weighted by Crippen LogP contribution is -2.26. The summed E-state index contributed by atoms with van der Waals surface area (Å²) in [5, 5.41) is 0. The van der Waals surface area contributed by atoms with Crippen molar-refractivity contribution in [3.8, 4) is 0 Å². The molecule has 0 radical (unpaired) electrons. The fourth-order valence-corrected chi connectivity index (χ4v) is 2.45. The molecule has 5 heteroatoms. The summed E-state index contributed by atoms with van der Waals surface area (Å²) in [4.78, 5) is 11.8. The van der Waals surface area contributed by atoms with Gasteiger partial charge in [0.15, 0.2) is 0 Å². The van der Waals surface area contributed by atoms with E-state index < -0.39 is 17.5 Å². The Morgan fingerprint density at radius 2 is 1.52 bits per heavy atom. The van der Waals surface area contributed by atoms with Crippen LogP contribution in [0.4, 0.5) is 13.2 Å². The van der Waals surface area contributed by atoms with Gasteiger partial charge in [0.1, 0.15) is 5.82 Å². The fourth-order valence-electron chi connectivity index (χ4n) is 1.70. The molecule has 0 fully saturated rings. The number of alkyl halides is 2. The van der Waals surface area contributed by atoms with E-state index in [9.17, 15) is 18.0 Å². The van der Waals surface area contributed by atoms with Crippen molar-refractivity contribution in [1.82, 2.24) is 0 Å². The van der Waals surface area contributed by atoms with Crippen LogP contribution in [-0.2, 0) is 0 Å². The maximum atomic E-state index is 14.0. The number of Topliss-reactive ketones (excluding diaryl/α,β-unsaturated/α-hetero) is 1. The van der Waals surface area contributed by atoms with Gasteiger partial charge in [0.25, 0.3) is 0 Å². The molecule has 2 aromatic carbocycles. The van der Waals surface area contributed by atoms with Crippen LogP contribution in [0.2, 0.25) is 0 Å². The van der Waals surface area contributed by atoms with E-state index >= 15 is 0 Å². The summed E-state index contributed by atoms with van der Waals surface area (Å²) in [6.07, 6.45) is 0.620. The number of hydrogen-bond donors (Lipinski definition) is 0. The molecule has 0 aromatic heterocycles. The van der Waals surface area contributed by atoms with Crippen LogP contribution in [0.15, 0.2) is 60.7 Å². The van der Waals surface area contributed by atoms with Crippen LogP contribution in [0.5, 0.6) is 0 Å². The highest BCUT2D eigenvalue weighted by Crippen LogP contribution is 2.30. The normalized spacial score (nSPS) is 12.3. The number of ketones is 1. The maximum Gasteiger partial charge on any atom is 0.329 e. The van der Waals surface area contributed by atoms with Crippen LogP contribution in [0.1, 0.15) is 15.9 Å². The van der Waals surface area contributed by atoms with Crippen molar-refractivity contribution >= 4 is 32.0 Å². The molecule has 0 aliphatic rings. The Balaban J connectivity index is 2.29. The van der Waals surface area contributed by atoms with Gasteiger partial charge in [-0.05, 0) is 52.4 Å². The largest absolute Gasteiger partial charge is 0.329 e. The first-order valence-corrected chi connectivity index (χ1v) is 7.10. The van der Waals surface area contributed by atoms with Crippen molar-refractivity contribution in [2.45, 2.75) is 5.92 Å². The van der Waals surface area contributed by atoms with Gasteiger partial charge in [-0.3, -0.25) is 4.79 Å². The average Bonchev–Trinajstić information content (AvgIpc) is 2.48.